The van der Waals surface area contributed by atoms with E-state index in [9.17, 15) is 0 Å². The van der Waals surface area contributed by atoms with E-state index in [1.165, 1.54) is 31.8 Å². The van der Waals surface area contributed by atoms with Gasteiger partial charge in [-0.3, -0.25) is 0 Å². The van der Waals surface area contributed by atoms with Crippen molar-refractivity contribution < 1.29 is 19.2 Å². The van der Waals surface area contributed by atoms with Gasteiger partial charge in [0.25, 0.3) is 0 Å². The quantitative estimate of drug-likeness (QED) is 0.0959. The van der Waals surface area contributed by atoms with E-state index in [2.05, 4.69) is 158 Å². The van der Waals surface area contributed by atoms with E-state index < -0.39 is 21.9 Å². The summed E-state index contributed by atoms with van der Waals surface area (Å²) < 4.78 is 13.4. The fraction of sp³-hybridized carbons (Fsp3) is 0.122. The van der Waals surface area contributed by atoms with Crippen molar-refractivity contribution >= 4 is 47.7 Å². The number of fused-ring (bicyclic) bond motifs is 3. The molecule has 0 bridgehead atoms. The molecular weight excluding hydrogens is 618 g/mol. The van der Waals surface area contributed by atoms with Gasteiger partial charge in [0.1, 0.15) is 24.7 Å². The van der Waals surface area contributed by atoms with Gasteiger partial charge in [0.15, 0.2) is 6.10 Å². The molecule has 0 amide bonds. The van der Waals surface area contributed by atoms with Crippen LogP contribution < -0.4 is 41.3 Å². The van der Waals surface area contributed by atoms with Crippen molar-refractivity contribution in [2.75, 3.05) is 19.8 Å². The second-order valence-corrected chi connectivity index (χ2v) is 15.4. The lowest BCUT2D eigenvalue weighted by atomic mass is 10.0. The maximum absolute atomic E-state index is 6.72. The topological polar surface area (TPSA) is 36.9 Å². The highest BCUT2D eigenvalue weighted by atomic mass is 31.1. The van der Waals surface area contributed by atoms with E-state index >= 15 is 0 Å². The van der Waals surface area contributed by atoms with Crippen molar-refractivity contribution in [3.8, 4) is 22.6 Å². The molecule has 0 aromatic heterocycles. The fourth-order valence-electron chi connectivity index (χ4n) is 5.95. The van der Waals surface area contributed by atoms with Crippen molar-refractivity contribution in [3.05, 3.63) is 158 Å². The van der Waals surface area contributed by atoms with E-state index in [4.69, 9.17) is 19.2 Å². The summed E-state index contributed by atoms with van der Waals surface area (Å²) >= 11 is 0. The predicted octanol–water partition coefficient (Wildman–Crippen LogP) is 6.98. The third-order valence-electron chi connectivity index (χ3n) is 7.97. The minimum Gasteiger partial charge on any atom is -0.490 e. The fourth-order valence-corrected chi connectivity index (χ4v) is 10.9. The molecule has 6 aromatic rings. The summed E-state index contributed by atoms with van der Waals surface area (Å²) in [6.07, 6.45) is -0.407. The van der Waals surface area contributed by atoms with Crippen LogP contribution in [0.15, 0.2) is 158 Å². The minimum absolute atomic E-state index is 0.292. The Morgan fingerprint density at radius 3 is 1.19 bits per heavy atom. The molecule has 0 N–H and O–H groups in total. The molecule has 0 saturated carbocycles. The Bertz CT molecular complexity index is 1670. The molecule has 47 heavy (non-hydrogen) atoms. The highest BCUT2D eigenvalue weighted by Gasteiger charge is 2.31. The van der Waals surface area contributed by atoms with Crippen molar-refractivity contribution in [1.82, 2.24) is 0 Å². The third kappa shape index (κ3) is 6.89. The first kappa shape index (κ1) is 31.3. The van der Waals surface area contributed by atoms with Gasteiger partial charge in [0.2, 0.25) is 0 Å². The second kappa shape index (κ2) is 15.1. The van der Waals surface area contributed by atoms with Crippen LogP contribution in [0.5, 0.6) is 11.5 Å². The van der Waals surface area contributed by atoms with Crippen molar-refractivity contribution in [2.45, 2.75) is 13.0 Å². The molecule has 0 aliphatic carbocycles. The predicted molar refractivity (Wildman–Crippen MR) is 197 cm³/mol. The summed E-state index contributed by atoms with van der Waals surface area (Å²) in [6, 6.07) is 56.2. The standard InChI is InChI=1S/C41H36O4P2/c1-2-44-45-31-29-42-36-25-15-27-38(46(32-17-7-3-8-18-32)33-19-9-4-10-20-33)40(36)41-37(43-30-31)26-16-28-39(41)47(34-21-11-5-12-22-34)35-23-13-6-14-24-35/h3-28,31H,2,29-30H2,1H3. The molecule has 0 atom stereocenters. The maximum Gasteiger partial charge on any atom is 0.161 e. The number of hydrogen-bond acceptors (Lipinski definition) is 4. The van der Waals surface area contributed by atoms with Gasteiger partial charge in [0, 0.05) is 11.1 Å². The molecule has 0 unspecified atom stereocenters. The third-order valence-corrected chi connectivity index (χ3v) is 12.9. The van der Waals surface area contributed by atoms with Gasteiger partial charge in [-0.1, -0.05) is 146 Å². The maximum atomic E-state index is 6.72. The molecule has 6 heteroatoms. The van der Waals surface area contributed by atoms with E-state index in [1.807, 2.05) is 6.92 Å². The number of rotatable bonds is 9. The normalized spacial score (nSPS) is 13.1. The van der Waals surface area contributed by atoms with Crippen LogP contribution in [0.1, 0.15) is 6.92 Å². The molecule has 0 spiro atoms. The van der Waals surface area contributed by atoms with E-state index in [0.29, 0.717) is 19.8 Å². The zero-order chi connectivity index (χ0) is 31.8. The van der Waals surface area contributed by atoms with Crippen LogP contribution >= 0.6 is 15.8 Å². The van der Waals surface area contributed by atoms with Gasteiger partial charge < -0.3 is 9.47 Å². The van der Waals surface area contributed by atoms with E-state index in [-0.39, 0.29) is 0 Å². The molecular formula is C41H36O4P2. The van der Waals surface area contributed by atoms with Crippen LogP contribution in [-0.2, 0) is 9.78 Å². The Labute approximate surface area is 279 Å². The Morgan fingerprint density at radius 2 is 0.851 bits per heavy atom. The first-order chi connectivity index (χ1) is 23.3. The van der Waals surface area contributed by atoms with Crippen LogP contribution in [-0.4, -0.2) is 25.9 Å². The van der Waals surface area contributed by atoms with Gasteiger partial charge in [0.05, 0.1) is 6.61 Å². The van der Waals surface area contributed by atoms with Crippen molar-refractivity contribution in [3.63, 3.8) is 0 Å². The average molecular weight is 655 g/mol. The minimum atomic E-state index is -0.959. The summed E-state index contributed by atoms with van der Waals surface area (Å²) in [5.41, 5.74) is 2.13. The van der Waals surface area contributed by atoms with Crippen LogP contribution in [0, 0.1) is 0 Å². The first-order valence-corrected chi connectivity index (χ1v) is 18.6. The Kier molecular flexibility index (Phi) is 10.0. The molecule has 4 nitrogen and oxygen atoms in total. The Morgan fingerprint density at radius 1 is 0.489 bits per heavy atom. The average Bonchev–Trinajstić information content (AvgIpc) is 3.21. The van der Waals surface area contributed by atoms with Crippen LogP contribution in [0.2, 0.25) is 0 Å². The number of benzene rings is 6. The summed E-state index contributed by atoms with van der Waals surface area (Å²) in [4.78, 5) is 11.1. The number of ether oxygens (including phenoxy) is 2. The number of hydrogen-bond donors (Lipinski definition) is 0. The molecule has 0 saturated heterocycles. The zero-order valence-electron chi connectivity index (χ0n) is 26.2. The molecule has 1 heterocycles. The molecule has 7 rings (SSSR count). The molecule has 0 radical (unpaired) electrons. The monoisotopic (exact) mass is 654 g/mol. The van der Waals surface area contributed by atoms with Crippen molar-refractivity contribution in [2.24, 2.45) is 0 Å². The highest BCUT2D eigenvalue weighted by Crippen LogP contribution is 2.47. The van der Waals surface area contributed by atoms with Gasteiger partial charge in [-0.05, 0) is 66.7 Å². The summed E-state index contributed by atoms with van der Waals surface area (Å²) in [7, 11) is -1.92. The lowest BCUT2D eigenvalue weighted by molar-refractivity contribution is -0.328. The van der Waals surface area contributed by atoms with Crippen LogP contribution in [0.25, 0.3) is 11.1 Å². The SMILES string of the molecule is CCOOC1COc2cccc(P(c3ccccc3)c3ccccc3)c2-c2c(cccc2P(c2ccccc2)c2ccccc2)OC1. The summed E-state index contributed by atoms with van der Waals surface area (Å²) in [5, 5.41) is 7.52. The van der Waals surface area contributed by atoms with Gasteiger partial charge in [-0.25, -0.2) is 9.78 Å². The van der Waals surface area contributed by atoms with E-state index in [1.54, 1.807) is 0 Å². The first-order valence-electron chi connectivity index (χ1n) is 15.9. The molecule has 1 aliphatic rings. The molecule has 1 aliphatic heterocycles. The Hall–Kier alpha value is -4.30. The lowest BCUT2D eigenvalue weighted by Gasteiger charge is -2.28. The molecule has 0 fully saturated rings. The van der Waals surface area contributed by atoms with Crippen molar-refractivity contribution in [1.29, 1.82) is 0 Å². The van der Waals surface area contributed by atoms with Gasteiger partial charge in [-0.2, -0.15) is 0 Å². The highest BCUT2D eigenvalue weighted by molar-refractivity contribution is 7.80. The van der Waals surface area contributed by atoms with Gasteiger partial charge >= 0.3 is 0 Å². The molecule has 234 valence electrons. The zero-order valence-corrected chi connectivity index (χ0v) is 28.0. The van der Waals surface area contributed by atoms with Crippen LogP contribution in [0.3, 0.4) is 0 Å². The van der Waals surface area contributed by atoms with E-state index in [0.717, 1.165) is 22.6 Å². The second-order valence-electron chi connectivity index (χ2n) is 11.1. The summed E-state index contributed by atoms with van der Waals surface area (Å²) in [6.45, 7) is 2.93. The van der Waals surface area contributed by atoms with Gasteiger partial charge in [-0.15, -0.1) is 0 Å². The molecule has 6 aromatic carbocycles. The Balaban J connectivity index is 1.53. The summed E-state index contributed by atoms with van der Waals surface area (Å²) in [5.74, 6) is 1.62. The van der Waals surface area contributed by atoms with Crippen LogP contribution in [0.4, 0.5) is 0 Å². The lowest BCUT2D eigenvalue weighted by Crippen LogP contribution is -2.28. The largest absolute Gasteiger partial charge is 0.490 e. The smallest absolute Gasteiger partial charge is 0.161 e.